The second-order valence-corrected chi connectivity index (χ2v) is 8.95. The lowest BCUT2D eigenvalue weighted by Gasteiger charge is -2.04. The van der Waals surface area contributed by atoms with E-state index in [2.05, 4.69) is 26.0 Å². The molecule has 0 atom stereocenters. The average molecular weight is 367 g/mol. The Kier molecular flexibility index (Phi) is 5.42. The summed E-state index contributed by atoms with van der Waals surface area (Å²) in [5, 5.41) is 3.20. The van der Waals surface area contributed by atoms with Gasteiger partial charge in [0.2, 0.25) is 10.0 Å². The van der Waals surface area contributed by atoms with Crippen LogP contribution in [-0.4, -0.2) is 21.5 Å². The third-order valence-electron chi connectivity index (χ3n) is 3.09. The lowest BCUT2D eigenvalue weighted by Crippen LogP contribution is -2.25. The largest absolute Gasteiger partial charge is 0.312 e. The molecule has 7 heteroatoms. The second-order valence-electron chi connectivity index (χ2n) is 4.76. The Morgan fingerprint density at radius 2 is 2.21 bits per heavy atom. The van der Waals surface area contributed by atoms with E-state index < -0.39 is 10.0 Å². The Morgan fingerprint density at radius 1 is 1.47 bits per heavy atom. The number of hydrogen-bond acceptors (Lipinski definition) is 4. The van der Waals surface area contributed by atoms with Crippen molar-refractivity contribution >= 4 is 37.3 Å². The van der Waals surface area contributed by atoms with Crippen LogP contribution in [0, 0.1) is 5.92 Å². The van der Waals surface area contributed by atoms with Crippen molar-refractivity contribution in [2.75, 3.05) is 13.1 Å². The number of hydrogen-bond donors (Lipinski definition) is 2. The van der Waals surface area contributed by atoms with Crippen LogP contribution in [0.2, 0.25) is 0 Å². The predicted molar refractivity (Wildman–Crippen MR) is 81.9 cm³/mol. The second kappa shape index (κ2) is 6.67. The monoisotopic (exact) mass is 366 g/mol. The Bertz CT molecular complexity index is 524. The molecule has 1 fully saturated rings. The topological polar surface area (TPSA) is 58.2 Å². The molecular weight excluding hydrogens is 348 g/mol. The van der Waals surface area contributed by atoms with E-state index >= 15 is 0 Å². The molecule has 19 heavy (non-hydrogen) atoms. The smallest absolute Gasteiger partial charge is 0.242 e. The fourth-order valence-electron chi connectivity index (χ4n) is 1.80. The molecule has 1 aliphatic carbocycles. The molecule has 0 unspecified atom stereocenters. The van der Waals surface area contributed by atoms with Crippen LogP contribution in [0.5, 0.6) is 0 Å². The first-order valence-corrected chi connectivity index (χ1v) is 9.60. The molecule has 1 heterocycles. The van der Waals surface area contributed by atoms with Crippen molar-refractivity contribution in [2.24, 2.45) is 5.92 Å². The summed E-state index contributed by atoms with van der Waals surface area (Å²) >= 11 is 4.82. The Hall–Kier alpha value is 0.0500. The highest BCUT2D eigenvalue weighted by molar-refractivity contribution is 9.11. The highest BCUT2D eigenvalue weighted by Gasteiger charge is 2.24. The minimum atomic E-state index is -3.38. The lowest BCUT2D eigenvalue weighted by molar-refractivity contribution is 0.575. The summed E-state index contributed by atoms with van der Waals surface area (Å²) in [5.41, 5.74) is 0. The van der Waals surface area contributed by atoms with Crippen molar-refractivity contribution in [1.82, 2.24) is 10.0 Å². The van der Waals surface area contributed by atoms with Crippen molar-refractivity contribution in [1.29, 1.82) is 0 Å². The van der Waals surface area contributed by atoms with Crippen LogP contribution in [0.3, 0.4) is 0 Å². The molecule has 0 spiro atoms. The number of thiophene rings is 1. The van der Waals surface area contributed by atoms with Crippen molar-refractivity contribution in [3.8, 4) is 0 Å². The van der Waals surface area contributed by atoms with Crippen molar-refractivity contribution in [3.63, 3.8) is 0 Å². The number of nitrogens with one attached hydrogen (secondary N) is 2. The zero-order valence-corrected chi connectivity index (χ0v) is 14.1. The molecule has 0 saturated heterocycles. The van der Waals surface area contributed by atoms with Gasteiger partial charge in [0, 0.05) is 18.0 Å². The van der Waals surface area contributed by atoms with E-state index in [4.69, 9.17) is 0 Å². The summed E-state index contributed by atoms with van der Waals surface area (Å²) in [6.45, 7) is 4.15. The Labute approximate surface area is 127 Å². The number of halogens is 1. The van der Waals surface area contributed by atoms with Gasteiger partial charge >= 0.3 is 0 Å². The van der Waals surface area contributed by atoms with Gasteiger partial charge in [-0.15, -0.1) is 11.3 Å². The minimum absolute atomic E-state index is 0.362. The van der Waals surface area contributed by atoms with Gasteiger partial charge in [-0.2, -0.15) is 0 Å². The first-order valence-electron chi connectivity index (χ1n) is 6.51. The van der Waals surface area contributed by atoms with Crippen molar-refractivity contribution < 1.29 is 8.42 Å². The molecule has 1 aromatic rings. The average Bonchev–Trinajstić information content (AvgIpc) is 3.08. The summed E-state index contributed by atoms with van der Waals surface area (Å²) < 4.78 is 27.7. The zero-order chi connectivity index (χ0) is 13.9. The van der Waals surface area contributed by atoms with Crippen LogP contribution < -0.4 is 10.0 Å². The predicted octanol–water partition coefficient (Wildman–Crippen LogP) is 2.70. The quantitative estimate of drug-likeness (QED) is 0.743. The molecule has 0 aromatic carbocycles. The van der Waals surface area contributed by atoms with E-state index in [0.29, 0.717) is 21.8 Å². The highest BCUT2D eigenvalue weighted by Crippen LogP contribution is 2.33. The Balaban J connectivity index is 1.99. The van der Waals surface area contributed by atoms with Crippen LogP contribution in [-0.2, 0) is 16.6 Å². The first-order chi connectivity index (χ1) is 9.03. The van der Waals surface area contributed by atoms with E-state index in [0.717, 1.165) is 23.8 Å². The van der Waals surface area contributed by atoms with E-state index in [1.807, 2.05) is 6.92 Å². The maximum atomic E-state index is 12.2. The van der Waals surface area contributed by atoms with Gasteiger partial charge in [0.05, 0.1) is 3.79 Å². The number of rotatable bonds is 8. The van der Waals surface area contributed by atoms with Gasteiger partial charge in [-0.25, -0.2) is 13.1 Å². The molecule has 108 valence electrons. The van der Waals surface area contributed by atoms with Crippen LogP contribution in [0.1, 0.15) is 31.1 Å². The van der Waals surface area contributed by atoms with Gasteiger partial charge in [-0.1, -0.05) is 19.8 Å². The third kappa shape index (κ3) is 4.53. The molecule has 0 aliphatic heterocycles. The zero-order valence-electron chi connectivity index (χ0n) is 10.9. The highest BCUT2D eigenvalue weighted by atomic mass is 79.9. The fourth-order valence-corrected chi connectivity index (χ4v) is 5.50. The van der Waals surface area contributed by atoms with Gasteiger partial charge in [-0.05, 0) is 40.9 Å². The summed E-state index contributed by atoms with van der Waals surface area (Å²) in [6, 6.07) is 1.75. The van der Waals surface area contributed by atoms with Gasteiger partial charge in [0.1, 0.15) is 4.90 Å². The number of sulfonamides is 1. The lowest BCUT2D eigenvalue weighted by atomic mass is 10.3. The van der Waals surface area contributed by atoms with Crippen LogP contribution >= 0.6 is 27.3 Å². The SMILES string of the molecule is CCNCc1cc(S(=O)(=O)NCCC2CC2)c(Br)s1. The summed E-state index contributed by atoms with van der Waals surface area (Å²) in [6.07, 6.45) is 3.44. The van der Waals surface area contributed by atoms with Gasteiger partial charge < -0.3 is 5.32 Å². The van der Waals surface area contributed by atoms with E-state index in [-0.39, 0.29) is 0 Å². The van der Waals surface area contributed by atoms with Gasteiger partial charge in [0.15, 0.2) is 0 Å². The maximum absolute atomic E-state index is 12.2. The van der Waals surface area contributed by atoms with Crippen molar-refractivity contribution in [2.45, 2.75) is 37.6 Å². The van der Waals surface area contributed by atoms with E-state index in [1.54, 1.807) is 6.07 Å². The fraction of sp³-hybridized carbons (Fsp3) is 0.667. The van der Waals surface area contributed by atoms with Gasteiger partial charge in [0.25, 0.3) is 0 Å². The molecular formula is C12H19BrN2O2S2. The molecule has 0 bridgehead atoms. The first kappa shape index (κ1) is 15.4. The molecule has 1 aromatic heterocycles. The molecule has 2 rings (SSSR count). The molecule has 4 nitrogen and oxygen atoms in total. The van der Waals surface area contributed by atoms with Crippen LogP contribution in [0.15, 0.2) is 14.7 Å². The molecule has 0 amide bonds. The molecule has 2 N–H and O–H groups in total. The van der Waals surface area contributed by atoms with Crippen LogP contribution in [0.25, 0.3) is 0 Å². The summed E-state index contributed by atoms with van der Waals surface area (Å²) in [5.74, 6) is 0.734. The molecule has 0 radical (unpaired) electrons. The molecule has 1 saturated carbocycles. The van der Waals surface area contributed by atoms with E-state index in [9.17, 15) is 8.42 Å². The summed E-state index contributed by atoms with van der Waals surface area (Å²) in [4.78, 5) is 1.39. The third-order valence-corrected chi connectivity index (χ3v) is 6.80. The summed E-state index contributed by atoms with van der Waals surface area (Å²) in [7, 11) is -3.38. The van der Waals surface area contributed by atoms with Gasteiger partial charge in [-0.3, -0.25) is 0 Å². The Morgan fingerprint density at radius 3 is 2.84 bits per heavy atom. The van der Waals surface area contributed by atoms with E-state index in [1.165, 1.54) is 24.2 Å². The maximum Gasteiger partial charge on any atom is 0.242 e. The standard InChI is InChI=1S/C12H19BrN2O2S2/c1-2-14-8-10-7-11(12(13)18-10)19(16,17)15-6-5-9-3-4-9/h7,9,14-15H,2-6,8H2,1H3. The minimum Gasteiger partial charge on any atom is -0.312 e. The van der Waals surface area contributed by atoms with Crippen molar-refractivity contribution in [3.05, 3.63) is 14.7 Å². The molecule has 1 aliphatic rings. The normalized spacial score (nSPS) is 15.9. The van der Waals surface area contributed by atoms with Crippen LogP contribution in [0.4, 0.5) is 0 Å².